The Bertz CT molecular complexity index is 337. The maximum atomic E-state index is 2.36. The molecule has 0 spiro atoms. The molecule has 1 heteroatoms. The van der Waals surface area contributed by atoms with Crippen molar-refractivity contribution in [3.05, 3.63) is 35.2 Å². The Morgan fingerprint density at radius 1 is 1.42 bits per heavy atom. The van der Waals surface area contributed by atoms with Crippen molar-refractivity contribution in [3.8, 4) is 0 Å². The standard InChI is InChI=1S/C11H14N/c1-3-12-9(2)7-8-10-5-4-6-11(10)12/h4,6-8H,3,5H2,1-2H3/q+1. The fourth-order valence-electron chi connectivity index (χ4n) is 1.85. The van der Waals surface area contributed by atoms with E-state index in [4.69, 9.17) is 0 Å². The number of aromatic nitrogens is 1. The molecule has 62 valence electrons. The van der Waals surface area contributed by atoms with E-state index in [2.05, 4.69) is 42.7 Å². The molecular weight excluding hydrogens is 146 g/mol. The van der Waals surface area contributed by atoms with Crippen molar-refractivity contribution in [3.63, 3.8) is 0 Å². The van der Waals surface area contributed by atoms with Gasteiger partial charge in [0.15, 0.2) is 5.69 Å². The smallest absolute Gasteiger partial charge is 0.196 e. The van der Waals surface area contributed by atoms with E-state index >= 15 is 0 Å². The van der Waals surface area contributed by atoms with Crippen LogP contribution in [-0.2, 0) is 13.0 Å². The van der Waals surface area contributed by atoms with E-state index in [1.807, 2.05) is 0 Å². The fraction of sp³-hybridized carbons (Fsp3) is 0.364. The first-order chi connectivity index (χ1) is 5.83. The van der Waals surface area contributed by atoms with Crippen LogP contribution in [-0.4, -0.2) is 0 Å². The molecule has 0 saturated heterocycles. The molecule has 0 atom stereocenters. The van der Waals surface area contributed by atoms with Crippen LogP contribution in [0.1, 0.15) is 23.9 Å². The van der Waals surface area contributed by atoms with Gasteiger partial charge < -0.3 is 0 Å². The van der Waals surface area contributed by atoms with Gasteiger partial charge in [-0.05, 0) is 19.4 Å². The average molecular weight is 160 g/mol. The average Bonchev–Trinajstić information content (AvgIpc) is 2.52. The van der Waals surface area contributed by atoms with Gasteiger partial charge in [0.2, 0.25) is 5.69 Å². The Balaban J connectivity index is 2.64. The number of rotatable bonds is 1. The fourth-order valence-corrected chi connectivity index (χ4v) is 1.85. The molecule has 0 bridgehead atoms. The van der Waals surface area contributed by atoms with E-state index in [-0.39, 0.29) is 0 Å². The molecule has 2 rings (SSSR count). The second-order valence-corrected chi connectivity index (χ2v) is 3.24. The van der Waals surface area contributed by atoms with Crippen LogP contribution in [0.5, 0.6) is 0 Å². The van der Waals surface area contributed by atoms with Gasteiger partial charge in [-0.1, -0.05) is 6.08 Å². The molecule has 0 unspecified atom stereocenters. The van der Waals surface area contributed by atoms with E-state index in [1.165, 1.54) is 17.0 Å². The van der Waals surface area contributed by atoms with Gasteiger partial charge in [-0.25, -0.2) is 0 Å². The van der Waals surface area contributed by atoms with Crippen LogP contribution in [0.25, 0.3) is 6.08 Å². The monoisotopic (exact) mass is 160 g/mol. The van der Waals surface area contributed by atoms with Crippen LogP contribution in [0.2, 0.25) is 0 Å². The highest BCUT2D eigenvalue weighted by Gasteiger charge is 2.17. The Labute approximate surface area is 73.4 Å². The van der Waals surface area contributed by atoms with Crippen molar-refractivity contribution in [1.82, 2.24) is 0 Å². The summed E-state index contributed by atoms with van der Waals surface area (Å²) in [7, 11) is 0. The predicted octanol–water partition coefficient (Wildman–Crippen LogP) is 1.87. The summed E-state index contributed by atoms with van der Waals surface area (Å²) in [4.78, 5) is 0. The van der Waals surface area contributed by atoms with Crippen molar-refractivity contribution in [1.29, 1.82) is 0 Å². The maximum absolute atomic E-state index is 2.36. The molecule has 1 aliphatic rings. The number of pyridine rings is 1. The van der Waals surface area contributed by atoms with E-state index in [0.717, 1.165) is 13.0 Å². The van der Waals surface area contributed by atoms with E-state index in [9.17, 15) is 0 Å². The summed E-state index contributed by atoms with van der Waals surface area (Å²) in [5.74, 6) is 0. The van der Waals surface area contributed by atoms with Gasteiger partial charge in [-0.2, -0.15) is 4.57 Å². The number of allylic oxidation sites excluding steroid dienone is 1. The Hall–Kier alpha value is -1.11. The highest BCUT2D eigenvalue weighted by molar-refractivity contribution is 5.53. The van der Waals surface area contributed by atoms with Gasteiger partial charge in [0, 0.05) is 24.6 Å². The largest absolute Gasteiger partial charge is 0.208 e. The molecule has 0 aromatic carbocycles. The van der Waals surface area contributed by atoms with Crippen molar-refractivity contribution in [2.75, 3.05) is 0 Å². The molecule has 1 heterocycles. The molecule has 1 nitrogen and oxygen atoms in total. The van der Waals surface area contributed by atoms with Gasteiger partial charge in [-0.3, -0.25) is 0 Å². The summed E-state index contributed by atoms with van der Waals surface area (Å²) in [6.07, 6.45) is 5.57. The molecule has 0 saturated carbocycles. The maximum Gasteiger partial charge on any atom is 0.208 e. The Morgan fingerprint density at radius 3 is 3.00 bits per heavy atom. The molecule has 0 aliphatic heterocycles. The van der Waals surface area contributed by atoms with E-state index < -0.39 is 0 Å². The number of hydrogen-bond acceptors (Lipinski definition) is 0. The Kier molecular flexibility index (Phi) is 1.72. The number of fused-ring (bicyclic) bond motifs is 1. The summed E-state index contributed by atoms with van der Waals surface area (Å²) >= 11 is 0. The number of nitrogens with zero attached hydrogens (tertiary/aromatic N) is 1. The SMILES string of the molecule is CC[n+]1c(C)ccc2c1C=CC2. The normalized spacial score (nSPS) is 13.5. The van der Waals surface area contributed by atoms with Gasteiger partial charge in [0.05, 0.1) is 0 Å². The molecule has 0 amide bonds. The topological polar surface area (TPSA) is 3.88 Å². The van der Waals surface area contributed by atoms with Crippen molar-refractivity contribution in [2.24, 2.45) is 0 Å². The third-order valence-electron chi connectivity index (χ3n) is 2.50. The molecule has 0 N–H and O–H groups in total. The quantitative estimate of drug-likeness (QED) is 0.552. The molecular formula is C11H14N+. The van der Waals surface area contributed by atoms with Gasteiger partial charge >= 0.3 is 0 Å². The number of hydrogen-bond donors (Lipinski definition) is 0. The zero-order chi connectivity index (χ0) is 8.55. The molecule has 1 aliphatic carbocycles. The minimum absolute atomic E-state index is 1.07. The first-order valence-electron chi connectivity index (χ1n) is 4.52. The van der Waals surface area contributed by atoms with Crippen molar-refractivity contribution >= 4 is 6.08 Å². The lowest BCUT2D eigenvalue weighted by Crippen LogP contribution is -2.39. The summed E-state index contributed by atoms with van der Waals surface area (Å²) in [5, 5.41) is 0. The van der Waals surface area contributed by atoms with Crippen LogP contribution >= 0.6 is 0 Å². The second-order valence-electron chi connectivity index (χ2n) is 3.24. The highest BCUT2D eigenvalue weighted by atomic mass is 15.0. The highest BCUT2D eigenvalue weighted by Crippen LogP contribution is 2.15. The van der Waals surface area contributed by atoms with Crippen LogP contribution in [0.15, 0.2) is 18.2 Å². The van der Waals surface area contributed by atoms with Gasteiger partial charge in [0.1, 0.15) is 6.54 Å². The number of aryl methyl sites for hydroxylation is 1. The molecule has 1 aromatic heterocycles. The Morgan fingerprint density at radius 2 is 2.25 bits per heavy atom. The lowest BCUT2D eigenvalue weighted by molar-refractivity contribution is -0.701. The summed E-state index contributed by atoms with van der Waals surface area (Å²) in [5.41, 5.74) is 4.21. The van der Waals surface area contributed by atoms with Crippen LogP contribution in [0.4, 0.5) is 0 Å². The zero-order valence-electron chi connectivity index (χ0n) is 7.67. The predicted molar refractivity (Wildman–Crippen MR) is 49.8 cm³/mol. The van der Waals surface area contributed by atoms with E-state index in [0.29, 0.717) is 0 Å². The van der Waals surface area contributed by atoms with Crippen LogP contribution < -0.4 is 4.57 Å². The van der Waals surface area contributed by atoms with E-state index in [1.54, 1.807) is 0 Å². The first kappa shape index (κ1) is 7.53. The second kappa shape index (κ2) is 2.74. The minimum atomic E-state index is 1.07. The molecule has 0 radical (unpaired) electrons. The molecule has 0 fully saturated rings. The third-order valence-corrected chi connectivity index (χ3v) is 2.50. The molecule has 12 heavy (non-hydrogen) atoms. The zero-order valence-corrected chi connectivity index (χ0v) is 7.67. The summed E-state index contributed by atoms with van der Waals surface area (Å²) in [6, 6.07) is 4.44. The third kappa shape index (κ3) is 0.970. The molecule has 1 aromatic rings. The first-order valence-corrected chi connectivity index (χ1v) is 4.52. The van der Waals surface area contributed by atoms with Crippen LogP contribution in [0, 0.1) is 6.92 Å². The summed E-state index contributed by atoms with van der Waals surface area (Å²) < 4.78 is 2.36. The summed E-state index contributed by atoms with van der Waals surface area (Å²) in [6.45, 7) is 5.43. The van der Waals surface area contributed by atoms with Gasteiger partial charge in [-0.15, -0.1) is 0 Å². The van der Waals surface area contributed by atoms with Crippen LogP contribution in [0.3, 0.4) is 0 Å². The van der Waals surface area contributed by atoms with Crippen molar-refractivity contribution in [2.45, 2.75) is 26.8 Å². The van der Waals surface area contributed by atoms with Gasteiger partial charge in [0.25, 0.3) is 0 Å². The lowest BCUT2D eigenvalue weighted by atomic mass is 10.2. The lowest BCUT2D eigenvalue weighted by Gasteiger charge is -2.02. The minimum Gasteiger partial charge on any atom is -0.196 e. The van der Waals surface area contributed by atoms with Crippen molar-refractivity contribution < 1.29 is 4.57 Å².